The summed E-state index contributed by atoms with van der Waals surface area (Å²) < 4.78 is 55.5. The van der Waals surface area contributed by atoms with Gasteiger partial charge in [0.2, 0.25) is 5.96 Å². The van der Waals surface area contributed by atoms with Crippen molar-refractivity contribution in [1.29, 1.82) is 0 Å². The van der Waals surface area contributed by atoms with Crippen LogP contribution in [0.1, 0.15) is 41.6 Å². The molecule has 4 rings (SSSR count). The molecule has 1 amide bonds. The number of rotatable bonds is 5. The second-order valence-electron chi connectivity index (χ2n) is 9.29. The standard InChI is InChI=1S/C28H33F3N6O6.CH5N/c1-33-26-34-16-18-6-9-20(10-7-18)41-12-4-2-3-5-13-42-23-14-19(35-27(37-26)43-17-28(29,30)31)8-11-21(23)24(38)36-22(15-32)25(39)40;1-2/h6-11,14,22H,1-5,12-13,15-17,32H2,(H,36,38)(H,39,40)(H,34,35,37);2H2,1H3. The van der Waals surface area contributed by atoms with Crippen molar-refractivity contribution in [3.63, 3.8) is 0 Å². The number of fused-ring (bicyclic) bond motifs is 12. The summed E-state index contributed by atoms with van der Waals surface area (Å²) in [4.78, 5) is 36.1. The molecular formula is C29H38F3N7O6. The maximum atomic E-state index is 13.0. The molecule has 0 spiro atoms. The number of amides is 1. The fourth-order valence-electron chi connectivity index (χ4n) is 3.73. The first-order chi connectivity index (χ1) is 21.6. The summed E-state index contributed by atoms with van der Waals surface area (Å²) >= 11 is 0. The largest absolute Gasteiger partial charge is 0.494 e. The molecule has 2 aromatic rings. The molecule has 0 aromatic heterocycles. The SMILES string of the molecule is C=NC1=NCc2ccc(cc2)OCCCCCCOc2cc(ccc2C(=O)NC(CN)C(=O)O)N/C(OCC(F)(F)F)=N\1.CN. The lowest BCUT2D eigenvalue weighted by atomic mass is 10.1. The summed E-state index contributed by atoms with van der Waals surface area (Å²) in [5, 5.41) is 14.2. The van der Waals surface area contributed by atoms with Crippen LogP contribution in [-0.4, -0.2) is 81.3 Å². The highest BCUT2D eigenvalue weighted by Crippen LogP contribution is 2.25. The number of nitrogens with one attached hydrogen (secondary N) is 2. The molecule has 0 radical (unpaired) electrons. The van der Waals surface area contributed by atoms with E-state index in [9.17, 15) is 27.9 Å². The number of nitrogens with zero attached hydrogens (tertiary/aromatic N) is 3. The lowest BCUT2D eigenvalue weighted by molar-refractivity contribution is -0.156. The maximum Gasteiger partial charge on any atom is 0.422 e. The third kappa shape index (κ3) is 13.2. The Kier molecular flexibility index (Phi) is 15.3. The Balaban J connectivity index is 0.00000345. The molecule has 2 aliphatic heterocycles. The van der Waals surface area contributed by atoms with Gasteiger partial charge in [0.25, 0.3) is 11.9 Å². The number of aliphatic imine (C=N–C) groups is 3. The molecule has 2 heterocycles. The average molecular weight is 638 g/mol. The van der Waals surface area contributed by atoms with Crippen LogP contribution in [0.25, 0.3) is 0 Å². The molecule has 13 nitrogen and oxygen atoms in total. The van der Waals surface area contributed by atoms with Crippen LogP contribution >= 0.6 is 0 Å². The van der Waals surface area contributed by atoms with Gasteiger partial charge in [0, 0.05) is 18.3 Å². The normalized spacial score (nSPS) is 16.2. The molecule has 246 valence electrons. The number of alkyl halides is 3. The van der Waals surface area contributed by atoms with Crippen LogP contribution in [-0.2, 0) is 16.1 Å². The molecule has 1 unspecified atom stereocenters. The van der Waals surface area contributed by atoms with E-state index in [4.69, 9.17) is 19.9 Å². The van der Waals surface area contributed by atoms with Crippen molar-refractivity contribution < 1.29 is 42.1 Å². The number of amidine groups is 1. The van der Waals surface area contributed by atoms with Crippen LogP contribution < -0.4 is 31.6 Å². The number of hydrogen-bond acceptors (Lipinski definition) is 11. The number of nitrogens with two attached hydrogens (primary N) is 2. The molecule has 45 heavy (non-hydrogen) atoms. The minimum atomic E-state index is -4.67. The molecule has 2 aromatic carbocycles. The van der Waals surface area contributed by atoms with Gasteiger partial charge in [0.15, 0.2) is 6.61 Å². The molecule has 0 saturated carbocycles. The van der Waals surface area contributed by atoms with Crippen molar-refractivity contribution in [2.45, 2.75) is 44.4 Å². The number of carboxylic acid groups (broad SMARTS) is 1. The smallest absolute Gasteiger partial charge is 0.422 e. The number of carboxylic acids is 1. The highest BCUT2D eigenvalue weighted by molar-refractivity contribution is 6.02. The number of ether oxygens (including phenoxy) is 3. The molecule has 0 fully saturated rings. The number of guanidine groups is 1. The molecule has 2 aliphatic rings. The summed E-state index contributed by atoms with van der Waals surface area (Å²) in [5.41, 5.74) is 10.9. The lowest BCUT2D eigenvalue weighted by Gasteiger charge is -2.17. The molecule has 0 aliphatic carbocycles. The van der Waals surface area contributed by atoms with Crippen molar-refractivity contribution in [1.82, 2.24) is 5.32 Å². The van der Waals surface area contributed by atoms with Crippen molar-refractivity contribution in [3.05, 3.63) is 53.6 Å². The van der Waals surface area contributed by atoms with E-state index < -0.39 is 36.7 Å². The van der Waals surface area contributed by atoms with E-state index >= 15 is 0 Å². The van der Waals surface area contributed by atoms with E-state index in [1.165, 1.54) is 25.2 Å². The molecule has 7 N–H and O–H groups in total. The van der Waals surface area contributed by atoms with E-state index in [-0.39, 0.29) is 42.7 Å². The van der Waals surface area contributed by atoms with Gasteiger partial charge in [-0.15, -0.1) is 0 Å². The van der Waals surface area contributed by atoms with E-state index in [0.29, 0.717) is 18.8 Å². The van der Waals surface area contributed by atoms with E-state index in [2.05, 4.69) is 38.1 Å². The van der Waals surface area contributed by atoms with Crippen LogP contribution in [0.5, 0.6) is 11.5 Å². The second-order valence-corrected chi connectivity index (χ2v) is 9.29. The van der Waals surface area contributed by atoms with Gasteiger partial charge in [-0.1, -0.05) is 12.1 Å². The molecule has 1 atom stereocenters. The zero-order chi connectivity index (χ0) is 33.2. The monoisotopic (exact) mass is 637 g/mol. The third-order valence-corrected chi connectivity index (χ3v) is 5.92. The first-order valence-corrected chi connectivity index (χ1v) is 13.9. The van der Waals surface area contributed by atoms with Gasteiger partial charge in [-0.3, -0.25) is 4.79 Å². The summed E-state index contributed by atoms with van der Waals surface area (Å²) in [7, 11) is 1.50. The Bertz CT molecular complexity index is 1320. The number of aliphatic carboxylic acids is 1. The van der Waals surface area contributed by atoms with E-state index in [1.54, 1.807) is 24.3 Å². The fraction of sp³-hybridized carbons (Fsp3) is 0.414. The third-order valence-electron chi connectivity index (χ3n) is 5.92. The van der Waals surface area contributed by atoms with E-state index in [0.717, 1.165) is 24.8 Å². The molecule has 16 heteroatoms. The quantitative estimate of drug-likeness (QED) is 0.306. The minimum absolute atomic E-state index is 0.00808. The van der Waals surface area contributed by atoms with Crippen LogP contribution in [0, 0.1) is 0 Å². The van der Waals surface area contributed by atoms with Gasteiger partial charge >= 0.3 is 12.1 Å². The number of carbonyl (C=O) groups excluding carboxylic acids is 1. The Labute approximate surface area is 258 Å². The molecular weight excluding hydrogens is 599 g/mol. The number of halogens is 3. The Hall–Kier alpha value is -4.70. The van der Waals surface area contributed by atoms with Gasteiger partial charge in [-0.05, 0) is 69.3 Å². The van der Waals surface area contributed by atoms with Gasteiger partial charge in [-0.25, -0.2) is 14.8 Å². The zero-order valence-electron chi connectivity index (χ0n) is 24.8. The maximum absolute atomic E-state index is 13.0. The van der Waals surface area contributed by atoms with Crippen molar-refractivity contribution in [2.24, 2.45) is 26.4 Å². The fourth-order valence-corrected chi connectivity index (χ4v) is 3.73. The highest BCUT2D eigenvalue weighted by atomic mass is 19.4. The summed E-state index contributed by atoms with van der Waals surface area (Å²) in [6.07, 6.45) is -1.58. The predicted molar refractivity (Wildman–Crippen MR) is 164 cm³/mol. The Morgan fingerprint density at radius 2 is 1.78 bits per heavy atom. The van der Waals surface area contributed by atoms with Crippen molar-refractivity contribution in [3.8, 4) is 11.5 Å². The average Bonchev–Trinajstić information content (AvgIpc) is 3.02. The molecule has 4 bridgehead atoms. The topological polar surface area (TPSA) is 195 Å². The minimum Gasteiger partial charge on any atom is -0.494 e. The number of carbonyl (C=O) groups is 2. The van der Waals surface area contributed by atoms with Crippen LogP contribution in [0.15, 0.2) is 57.4 Å². The number of anilines is 1. The molecule has 0 saturated heterocycles. The number of benzene rings is 2. The second kappa shape index (κ2) is 18.9. The van der Waals surface area contributed by atoms with Gasteiger partial charge in [0.05, 0.1) is 25.3 Å². The number of hydrogen-bond donors (Lipinski definition) is 5. The Morgan fingerprint density at radius 3 is 2.38 bits per heavy atom. The highest BCUT2D eigenvalue weighted by Gasteiger charge is 2.29. The Morgan fingerprint density at radius 1 is 1.11 bits per heavy atom. The van der Waals surface area contributed by atoms with Gasteiger partial charge < -0.3 is 41.4 Å². The van der Waals surface area contributed by atoms with Gasteiger partial charge in [0.1, 0.15) is 17.5 Å². The van der Waals surface area contributed by atoms with Gasteiger partial charge in [-0.2, -0.15) is 18.2 Å². The van der Waals surface area contributed by atoms with Crippen LogP contribution in [0.2, 0.25) is 0 Å². The lowest BCUT2D eigenvalue weighted by Crippen LogP contribution is -2.45. The van der Waals surface area contributed by atoms with E-state index in [1.807, 2.05) is 0 Å². The predicted octanol–water partition coefficient (Wildman–Crippen LogP) is 3.34. The van der Waals surface area contributed by atoms with Crippen molar-refractivity contribution in [2.75, 3.05) is 38.7 Å². The first kappa shape index (κ1) is 36.5. The van der Waals surface area contributed by atoms with Crippen LogP contribution in [0.4, 0.5) is 18.9 Å². The van der Waals surface area contributed by atoms with Crippen LogP contribution in [0.3, 0.4) is 0 Å². The first-order valence-electron chi connectivity index (χ1n) is 13.9. The summed E-state index contributed by atoms with van der Waals surface area (Å²) in [5.74, 6) is -1.60. The zero-order valence-corrected chi connectivity index (χ0v) is 24.8. The summed E-state index contributed by atoms with van der Waals surface area (Å²) in [6.45, 7) is 2.20. The summed E-state index contributed by atoms with van der Waals surface area (Å²) in [6, 6.07) is 9.29. The van der Waals surface area contributed by atoms with Crippen molar-refractivity contribution >= 4 is 36.3 Å².